The summed E-state index contributed by atoms with van der Waals surface area (Å²) in [7, 11) is 0. The molecule has 0 bridgehead atoms. The van der Waals surface area contributed by atoms with Crippen molar-refractivity contribution in [3.05, 3.63) is 0 Å². The van der Waals surface area contributed by atoms with E-state index >= 15 is 0 Å². The summed E-state index contributed by atoms with van der Waals surface area (Å²) in [5, 5.41) is 3.11. The number of esters is 1. The van der Waals surface area contributed by atoms with Crippen LogP contribution in [0.5, 0.6) is 0 Å². The monoisotopic (exact) mass is 213 g/mol. The molecule has 0 spiro atoms. The second kappa shape index (κ2) is 4.49. The molecule has 0 aromatic rings. The van der Waals surface area contributed by atoms with Crippen molar-refractivity contribution in [1.29, 1.82) is 0 Å². The normalized spacial score (nSPS) is 23.3. The minimum atomic E-state index is -0.233. The van der Waals surface area contributed by atoms with Crippen LogP contribution in [-0.2, 0) is 14.3 Å². The second-order valence-electron chi connectivity index (χ2n) is 4.79. The van der Waals surface area contributed by atoms with E-state index in [0.717, 1.165) is 25.4 Å². The summed E-state index contributed by atoms with van der Waals surface area (Å²) in [5.41, 5.74) is -0.157. The molecule has 1 aliphatic carbocycles. The summed E-state index contributed by atoms with van der Waals surface area (Å²) in [6, 6.07) is 0. The predicted octanol–water partition coefficient (Wildman–Crippen LogP) is 0.708. The average molecular weight is 213 g/mol. The number of carbonyl (C=O) groups is 1. The van der Waals surface area contributed by atoms with Crippen LogP contribution in [0.1, 0.15) is 26.2 Å². The van der Waals surface area contributed by atoms with Gasteiger partial charge in [-0.1, -0.05) is 12.8 Å². The molecular weight excluding hydrogens is 194 g/mol. The molecule has 0 aromatic carbocycles. The van der Waals surface area contributed by atoms with Gasteiger partial charge in [0.05, 0.1) is 12.2 Å². The fourth-order valence-electron chi connectivity index (χ4n) is 1.60. The molecule has 0 amide bonds. The minimum absolute atomic E-state index is 0.0862. The standard InChI is InChI=1S/C11H19NO3/c1-11(7-12-8-11)15-6-10(13)14-5-4-9-2-3-9/h9,12H,2-8H2,1H3. The van der Waals surface area contributed by atoms with Gasteiger partial charge in [-0.3, -0.25) is 0 Å². The largest absolute Gasteiger partial charge is 0.464 e. The third kappa shape index (κ3) is 3.47. The summed E-state index contributed by atoms with van der Waals surface area (Å²) in [6.07, 6.45) is 3.63. The number of hydrogen-bond donors (Lipinski definition) is 1. The quantitative estimate of drug-likeness (QED) is 0.660. The molecule has 4 heteroatoms. The molecule has 0 aromatic heterocycles. The molecule has 2 fully saturated rings. The van der Waals surface area contributed by atoms with E-state index in [9.17, 15) is 4.79 Å². The highest BCUT2D eigenvalue weighted by molar-refractivity contribution is 5.70. The van der Waals surface area contributed by atoms with Gasteiger partial charge >= 0.3 is 5.97 Å². The van der Waals surface area contributed by atoms with Crippen LogP contribution in [0, 0.1) is 5.92 Å². The van der Waals surface area contributed by atoms with E-state index in [4.69, 9.17) is 9.47 Å². The molecule has 86 valence electrons. The van der Waals surface area contributed by atoms with Crippen LogP contribution in [0.2, 0.25) is 0 Å². The maximum atomic E-state index is 11.3. The van der Waals surface area contributed by atoms with E-state index in [0.29, 0.717) is 6.61 Å². The smallest absolute Gasteiger partial charge is 0.332 e. The van der Waals surface area contributed by atoms with Crippen LogP contribution in [-0.4, -0.2) is 37.9 Å². The van der Waals surface area contributed by atoms with Crippen LogP contribution in [0.3, 0.4) is 0 Å². The Morgan fingerprint density at radius 2 is 2.20 bits per heavy atom. The average Bonchev–Trinajstić information content (AvgIpc) is 2.95. The Kier molecular flexibility index (Phi) is 3.26. The maximum Gasteiger partial charge on any atom is 0.332 e. The van der Waals surface area contributed by atoms with Gasteiger partial charge in [0, 0.05) is 13.1 Å². The predicted molar refractivity (Wildman–Crippen MR) is 55.5 cm³/mol. The van der Waals surface area contributed by atoms with Crippen molar-refractivity contribution in [2.75, 3.05) is 26.3 Å². The van der Waals surface area contributed by atoms with E-state index in [-0.39, 0.29) is 18.2 Å². The topological polar surface area (TPSA) is 47.6 Å². The lowest BCUT2D eigenvalue weighted by molar-refractivity contribution is -0.158. The molecule has 2 aliphatic rings. The highest BCUT2D eigenvalue weighted by Gasteiger charge is 2.33. The van der Waals surface area contributed by atoms with Crippen LogP contribution >= 0.6 is 0 Å². The summed E-state index contributed by atoms with van der Waals surface area (Å²) < 4.78 is 10.5. The molecule has 1 N–H and O–H groups in total. The van der Waals surface area contributed by atoms with Gasteiger partial charge in [-0.05, 0) is 19.3 Å². The lowest BCUT2D eigenvalue weighted by atomic mass is 10.0. The van der Waals surface area contributed by atoms with Gasteiger partial charge in [-0.15, -0.1) is 0 Å². The zero-order valence-electron chi connectivity index (χ0n) is 9.25. The first kappa shape index (κ1) is 10.9. The lowest BCUT2D eigenvalue weighted by Crippen LogP contribution is -2.59. The van der Waals surface area contributed by atoms with Crippen LogP contribution in [0.15, 0.2) is 0 Å². The van der Waals surface area contributed by atoms with E-state index in [1.807, 2.05) is 6.92 Å². The number of nitrogens with one attached hydrogen (secondary N) is 1. The molecule has 15 heavy (non-hydrogen) atoms. The van der Waals surface area contributed by atoms with Crippen molar-refractivity contribution in [3.8, 4) is 0 Å². The SMILES string of the molecule is CC1(OCC(=O)OCCC2CC2)CNC1. The Balaban J connectivity index is 1.51. The molecular formula is C11H19NO3. The molecule has 0 atom stereocenters. The van der Waals surface area contributed by atoms with Crippen molar-refractivity contribution in [1.82, 2.24) is 5.32 Å². The fourth-order valence-corrected chi connectivity index (χ4v) is 1.60. The van der Waals surface area contributed by atoms with Gasteiger partial charge in [0.25, 0.3) is 0 Å². The highest BCUT2D eigenvalue weighted by Crippen LogP contribution is 2.32. The van der Waals surface area contributed by atoms with Gasteiger partial charge in [-0.25, -0.2) is 4.79 Å². The molecule has 1 saturated heterocycles. The Bertz CT molecular complexity index is 234. The third-order valence-electron chi connectivity index (χ3n) is 3.02. The van der Waals surface area contributed by atoms with E-state index in [1.165, 1.54) is 12.8 Å². The summed E-state index contributed by atoms with van der Waals surface area (Å²) >= 11 is 0. The van der Waals surface area contributed by atoms with Crippen molar-refractivity contribution < 1.29 is 14.3 Å². The molecule has 1 saturated carbocycles. The first-order valence-electron chi connectivity index (χ1n) is 5.68. The number of carbonyl (C=O) groups excluding carboxylic acids is 1. The lowest BCUT2D eigenvalue weighted by Gasteiger charge is -2.38. The number of hydrogen-bond acceptors (Lipinski definition) is 4. The molecule has 1 aliphatic heterocycles. The zero-order chi connectivity index (χ0) is 10.7. The molecule has 0 unspecified atom stereocenters. The molecule has 4 nitrogen and oxygen atoms in total. The van der Waals surface area contributed by atoms with Gasteiger partial charge < -0.3 is 14.8 Å². The first-order valence-corrected chi connectivity index (χ1v) is 5.68. The zero-order valence-corrected chi connectivity index (χ0v) is 9.25. The summed E-state index contributed by atoms with van der Waals surface area (Å²) in [6.45, 7) is 4.29. The Labute approximate surface area is 90.3 Å². The molecule has 2 rings (SSSR count). The van der Waals surface area contributed by atoms with Crippen LogP contribution < -0.4 is 5.32 Å². The van der Waals surface area contributed by atoms with E-state index in [1.54, 1.807) is 0 Å². The van der Waals surface area contributed by atoms with Crippen molar-refractivity contribution in [2.45, 2.75) is 31.8 Å². The van der Waals surface area contributed by atoms with Crippen molar-refractivity contribution in [2.24, 2.45) is 5.92 Å². The van der Waals surface area contributed by atoms with Crippen molar-refractivity contribution >= 4 is 5.97 Å². The molecule has 1 heterocycles. The second-order valence-corrected chi connectivity index (χ2v) is 4.79. The number of ether oxygens (including phenoxy) is 2. The van der Waals surface area contributed by atoms with Gasteiger partial charge in [-0.2, -0.15) is 0 Å². The first-order chi connectivity index (χ1) is 7.18. The van der Waals surface area contributed by atoms with Crippen molar-refractivity contribution in [3.63, 3.8) is 0 Å². The Morgan fingerprint density at radius 3 is 2.73 bits per heavy atom. The number of rotatable bonds is 6. The Morgan fingerprint density at radius 1 is 1.47 bits per heavy atom. The van der Waals surface area contributed by atoms with Gasteiger partial charge in [0.2, 0.25) is 0 Å². The van der Waals surface area contributed by atoms with Crippen LogP contribution in [0.25, 0.3) is 0 Å². The summed E-state index contributed by atoms with van der Waals surface area (Å²) in [5.74, 6) is 0.579. The Hall–Kier alpha value is -0.610. The van der Waals surface area contributed by atoms with Gasteiger partial charge in [0.1, 0.15) is 6.61 Å². The van der Waals surface area contributed by atoms with Crippen LogP contribution in [0.4, 0.5) is 0 Å². The van der Waals surface area contributed by atoms with E-state index < -0.39 is 0 Å². The highest BCUT2D eigenvalue weighted by atomic mass is 16.6. The van der Waals surface area contributed by atoms with E-state index in [2.05, 4.69) is 5.32 Å². The van der Waals surface area contributed by atoms with Gasteiger partial charge in [0.15, 0.2) is 0 Å². The fraction of sp³-hybridized carbons (Fsp3) is 0.909. The minimum Gasteiger partial charge on any atom is -0.464 e. The maximum absolute atomic E-state index is 11.3. The summed E-state index contributed by atoms with van der Waals surface area (Å²) in [4.78, 5) is 11.3. The molecule has 0 radical (unpaired) electrons. The third-order valence-corrected chi connectivity index (χ3v) is 3.02.